The molecule has 3 aromatic rings. The van der Waals surface area contributed by atoms with Crippen LogP contribution in [0.1, 0.15) is 48.9 Å². The number of anilines is 1. The number of rotatable bonds is 6. The number of fused-ring (bicyclic) bond motifs is 1. The van der Waals surface area contributed by atoms with E-state index in [0.29, 0.717) is 22.9 Å². The van der Waals surface area contributed by atoms with Gasteiger partial charge in [0.1, 0.15) is 11.1 Å². The molecule has 0 aliphatic heterocycles. The molecule has 8 heteroatoms. The number of nitrogens with one attached hydrogen (secondary N) is 1. The number of thiophene rings is 1. The molecule has 0 spiro atoms. The lowest BCUT2D eigenvalue weighted by atomic mass is 9.96. The number of nitrogens with zero attached hydrogens (tertiary/aromatic N) is 3. The molecule has 0 aromatic carbocycles. The molecular weight excluding hydrogens is 432 g/mol. The van der Waals surface area contributed by atoms with Gasteiger partial charge in [-0.15, -0.1) is 34.4 Å². The number of thiazole rings is 1. The van der Waals surface area contributed by atoms with Crippen molar-refractivity contribution in [3.05, 3.63) is 45.8 Å². The molecule has 0 unspecified atom stereocenters. The molecule has 154 valence electrons. The quantitative estimate of drug-likeness (QED) is 0.468. The summed E-state index contributed by atoms with van der Waals surface area (Å²) in [5, 5.41) is 17.8. The summed E-state index contributed by atoms with van der Waals surface area (Å²) in [6, 6.07) is 8.30. The van der Waals surface area contributed by atoms with Gasteiger partial charge in [-0.25, -0.2) is 9.97 Å². The van der Waals surface area contributed by atoms with Crippen LogP contribution in [0.15, 0.2) is 34.0 Å². The second-order valence-corrected chi connectivity index (χ2v) is 10.0. The SMILES string of the molecule is N#Cc1cc2c(nc1SCCC(=O)Nc1nc(-c3cccs3)cs1)CCCCCC2. The van der Waals surface area contributed by atoms with E-state index in [2.05, 4.69) is 16.4 Å². The molecule has 3 aromatic heterocycles. The van der Waals surface area contributed by atoms with Gasteiger partial charge < -0.3 is 5.32 Å². The highest BCUT2D eigenvalue weighted by Gasteiger charge is 2.15. The molecule has 3 heterocycles. The molecule has 0 radical (unpaired) electrons. The van der Waals surface area contributed by atoms with Gasteiger partial charge in [0.2, 0.25) is 5.91 Å². The second-order valence-electron chi connectivity index (χ2n) is 7.13. The number of nitriles is 1. The summed E-state index contributed by atoms with van der Waals surface area (Å²) in [5.74, 6) is 0.509. The zero-order chi connectivity index (χ0) is 20.8. The molecule has 1 aliphatic rings. The minimum atomic E-state index is -0.0701. The average Bonchev–Trinajstić information content (AvgIpc) is 3.40. The van der Waals surface area contributed by atoms with Crippen molar-refractivity contribution in [2.24, 2.45) is 0 Å². The lowest BCUT2D eigenvalue weighted by Gasteiger charge is -2.15. The maximum absolute atomic E-state index is 12.3. The van der Waals surface area contributed by atoms with Gasteiger partial charge in [0.15, 0.2) is 5.13 Å². The largest absolute Gasteiger partial charge is 0.302 e. The van der Waals surface area contributed by atoms with Crippen LogP contribution in [0.3, 0.4) is 0 Å². The van der Waals surface area contributed by atoms with Crippen molar-refractivity contribution in [1.29, 1.82) is 5.26 Å². The first-order valence-corrected chi connectivity index (χ1v) is 12.8. The van der Waals surface area contributed by atoms with Gasteiger partial charge in [-0.2, -0.15) is 5.26 Å². The number of amides is 1. The van der Waals surface area contributed by atoms with Crippen molar-refractivity contribution in [2.45, 2.75) is 50.0 Å². The smallest absolute Gasteiger partial charge is 0.226 e. The molecule has 0 saturated carbocycles. The highest BCUT2D eigenvalue weighted by molar-refractivity contribution is 7.99. The van der Waals surface area contributed by atoms with E-state index in [-0.39, 0.29) is 5.91 Å². The Labute approximate surface area is 188 Å². The number of thioether (sulfide) groups is 1. The van der Waals surface area contributed by atoms with E-state index in [4.69, 9.17) is 4.98 Å². The average molecular weight is 455 g/mol. The lowest BCUT2D eigenvalue weighted by molar-refractivity contribution is -0.115. The van der Waals surface area contributed by atoms with Crippen LogP contribution < -0.4 is 5.32 Å². The molecule has 0 saturated heterocycles. The van der Waals surface area contributed by atoms with E-state index < -0.39 is 0 Å². The van der Waals surface area contributed by atoms with Crippen LogP contribution in [-0.2, 0) is 17.6 Å². The first kappa shape index (κ1) is 21.0. The molecule has 4 rings (SSSR count). The van der Waals surface area contributed by atoms with E-state index in [0.717, 1.165) is 47.0 Å². The first-order valence-electron chi connectivity index (χ1n) is 10.1. The predicted octanol–water partition coefficient (Wildman–Crippen LogP) is 5.92. The molecule has 0 fully saturated rings. The van der Waals surface area contributed by atoms with Crippen LogP contribution in [0.2, 0.25) is 0 Å². The summed E-state index contributed by atoms with van der Waals surface area (Å²) in [5.41, 5.74) is 3.87. The Bertz CT molecular complexity index is 1050. The number of aromatic nitrogens is 2. The molecule has 0 atom stereocenters. The molecule has 5 nitrogen and oxygen atoms in total. The zero-order valence-electron chi connectivity index (χ0n) is 16.5. The first-order chi connectivity index (χ1) is 14.7. The molecule has 1 N–H and O–H groups in total. The van der Waals surface area contributed by atoms with Crippen molar-refractivity contribution in [1.82, 2.24) is 9.97 Å². The maximum atomic E-state index is 12.3. The number of pyridine rings is 1. The minimum absolute atomic E-state index is 0.0701. The van der Waals surface area contributed by atoms with Gasteiger partial charge >= 0.3 is 0 Å². The fraction of sp³-hybridized carbons (Fsp3) is 0.364. The van der Waals surface area contributed by atoms with E-state index in [1.165, 1.54) is 41.5 Å². The van der Waals surface area contributed by atoms with Crippen LogP contribution in [0, 0.1) is 11.3 Å². The summed E-state index contributed by atoms with van der Waals surface area (Å²) in [6.45, 7) is 0. The van der Waals surface area contributed by atoms with Gasteiger partial charge in [-0.1, -0.05) is 18.9 Å². The minimum Gasteiger partial charge on any atom is -0.302 e. The summed E-state index contributed by atoms with van der Waals surface area (Å²) in [6.07, 6.45) is 7.14. The summed E-state index contributed by atoms with van der Waals surface area (Å²) < 4.78 is 0. The van der Waals surface area contributed by atoms with Crippen molar-refractivity contribution >= 4 is 45.5 Å². The Kier molecular flexibility index (Phi) is 7.16. The fourth-order valence-corrected chi connectivity index (χ4v) is 5.85. The standard InChI is InChI=1S/C22H22N4OS3/c23-13-16-12-15-6-3-1-2-4-7-17(15)24-21(16)29-11-9-20(27)26-22-25-18(14-30-22)19-8-5-10-28-19/h5,8,10,12,14H,1-4,6-7,9,11H2,(H,25,26,27). The normalized spacial score (nSPS) is 13.7. The molecule has 1 aliphatic carbocycles. The van der Waals surface area contributed by atoms with Gasteiger partial charge in [0.25, 0.3) is 0 Å². The number of carbonyl (C=O) groups is 1. The Hall–Kier alpha value is -2.21. The van der Waals surface area contributed by atoms with Crippen molar-refractivity contribution in [2.75, 3.05) is 11.1 Å². The predicted molar refractivity (Wildman–Crippen MR) is 124 cm³/mol. The number of aryl methyl sites for hydroxylation is 2. The third-order valence-corrected chi connectivity index (χ3v) is 7.62. The van der Waals surface area contributed by atoms with Crippen molar-refractivity contribution < 1.29 is 4.79 Å². The van der Waals surface area contributed by atoms with E-state index >= 15 is 0 Å². The summed E-state index contributed by atoms with van der Waals surface area (Å²) >= 11 is 4.55. The van der Waals surface area contributed by atoms with Gasteiger partial charge in [-0.05, 0) is 48.8 Å². The van der Waals surface area contributed by atoms with Gasteiger partial charge in [0.05, 0.1) is 16.1 Å². The number of hydrogen-bond acceptors (Lipinski definition) is 7. The highest BCUT2D eigenvalue weighted by Crippen LogP contribution is 2.29. The Balaban J connectivity index is 1.34. The highest BCUT2D eigenvalue weighted by atomic mass is 32.2. The second kappa shape index (κ2) is 10.2. The topological polar surface area (TPSA) is 78.7 Å². The zero-order valence-corrected chi connectivity index (χ0v) is 19.0. The lowest BCUT2D eigenvalue weighted by Crippen LogP contribution is -2.12. The summed E-state index contributed by atoms with van der Waals surface area (Å²) in [4.78, 5) is 22.7. The maximum Gasteiger partial charge on any atom is 0.226 e. The number of hydrogen-bond donors (Lipinski definition) is 1. The van der Waals surface area contributed by atoms with Gasteiger partial charge in [-0.3, -0.25) is 4.79 Å². The van der Waals surface area contributed by atoms with Crippen LogP contribution >= 0.6 is 34.4 Å². The van der Waals surface area contributed by atoms with E-state index in [9.17, 15) is 10.1 Å². The number of carbonyl (C=O) groups excluding carboxylic acids is 1. The Morgan fingerprint density at radius 1 is 1.20 bits per heavy atom. The van der Waals surface area contributed by atoms with Crippen LogP contribution in [0.25, 0.3) is 10.6 Å². The van der Waals surface area contributed by atoms with E-state index in [1.54, 1.807) is 11.3 Å². The monoisotopic (exact) mass is 454 g/mol. The molecule has 0 bridgehead atoms. The third-order valence-electron chi connectivity index (χ3n) is 4.98. The van der Waals surface area contributed by atoms with E-state index in [1.807, 2.05) is 29.0 Å². The van der Waals surface area contributed by atoms with Crippen molar-refractivity contribution in [3.63, 3.8) is 0 Å². The fourth-order valence-electron chi connectivity index (χ4n) is 3.45. The van der Waals surface area contributed by atoms with Crippen LogP contribution in [0.5, 0.6) is 0 Å². The summed E-state index contributed by atoms with van der Waals surface area (Å²) in [7, 11) is 0. The Morgan fingerprint density at radius 2 is 2.07 bits per heavy atom. The molecular formula is C22H22N4OS3. The third kappa shape index (κ3) is 5.28. The van der Waals surface area contributed by atoms with Gasteiger partial charge in [0, 0.05) is 23.2 Å². The molecule has 30 heavy (non-hydrogen) atoms. The molecule has 1 amide bonds. The Morgan fingerprint density at radius 3 is 2.87 bits per heavy atom. The van der Waals surface area contributed by atoms with Crippen LogP contribution in [-0.4, -0.2) is 21.6 Å². The van der Waals surface area contributed by atoms with Crippen LogP contribution in [0.4, 0.5) is 5.13 Å². The van der Waals surface area contributed by atoms with Crippen molar-refractivity contribution in [3.8, 4) is 16.6 Å².